The molecule has 1 aromatic carbocycles. The zero-order valence-electron chi connectivity index (χ0n) is 11.3. The van der Waals surface area contributed by atoms with Gasteiger partial charge in [0.05, 0.1) is 22.2 Å². The predicted molar refractivity (Wildman–Crippen MR) is 74.6 cm³/mol. The number of amides is 1. The minimum atomic E-state index is -0.529. The molecule has 0 aromatic heterocycles. The van der Waals surface area contributed by atoms with Crippen LogP contribution >= 0.6 is 0 Å². The number of non-ortho nitro benzene ring substituents is 1. The van der Waals surface area contributed by atoms with Gasteiger partial charge < -0.3 is 10.2 Å². The van der Waals surface area contributed by atoms with Crippen molar-refractivity contribution in [3.05, 3.63) is 33.9 Å². The summed E-state index contributed by atoms with van der Waals surface area (Å²) in [5.74, 6) is 0.135. The van der Waals surface area contributed by atoms with Gasteiger partial charge in [-0.1, -0.05) is 0 Å². The van der Waals surface area contributed by atoms with E-state index >= 15 is 0 Å². The molecule has 1 heterocycles. The van der Waals surface area contributed by atoms with Crippen molar-refractivity contribution in [1.29, 1.82) is 5.26 Å². The van der Waals surface area contributed by atoms with Crippen LogP contribution in [0.3, 0.4) is 0 Å². The highest BCUT2D eigenvalue weighted by Crippen LogP contribution is 2.32. The average Bonchev–Trinajstić information content (AvgIpc) is 3.23. The van der Waals surface area contributed by atoms with E-state index in [1.807, 2.05) is 11.0 Å². The maximum atomic E-state index is 11.9. The molecular weight excluding hydrogens is 272 g/mol. The molecule has 1 amide bonds. The van der Waals surface area contributed by atoms with Crippen LogP contribution in [0.15, 0.2) is 18.2 Å². The topological polar surface area (TPSA) is 99.3 Å². The molecule has 2 aliphatic rings. The SMILES string of the molecule is N#Cc1cc([N+](=O)[O-])ccc1NC1CC(=O)N(C2CC2)C1. The normalized spacial score (nSPS) is 21.2. The van der Waals surface area contributed by atoms with Crippen molar-refractivity contribution in [1.82, 2.24) is 4.90 Å². The molecular formula is C14H14N4O3. The highest BCUT2D eigenvalue weighted by molar-refractivity contribution is 5.81. The number of hydrogen-bond acceptors (Lipinski definition) is 5. The van der Waals surface area contributed by atoms with Gasteiger partial charge in [0.2, 0.25) is 5.91 Å². The molecule has 1 N–H and O–H groups in total. The van der Waals surface area contributed by atoms with Gasteiger partial charge in [0, 0.05) is 31.1 Å². The molecule has 1 aliphatic heterocycles. The van der Waals surface area contributed by atoms with E-state index in [0.29, 0.717) is 24.7 Å². The Hall–Kier alpha value is -2.62. The second kappa shape index (κ2) is 5.05. The Balaban J connectivity index is 1.74. The Morgan fingerprint density at radius 1 is 1.43 bits per heavy atom. The number of benzene rings is 1. The number of nitriles is 1. The van der Waals surface area contributed by atoms with Crippen LogP contribution < -0.4 is 5.32 Å². The molecule has 1 saturated carbocycles. The van der Waals surface area contributed by atoms with Gasteiger partial charge in [-0.05, 0) is 18.9 Å². The lowest BCUT2D eigenvalue weighted by atomic mass is 10.1. The third-order valence-corrected chi connectivity index (χ3v) is 3.84. The zero-order chi connectivity index (χ0) is 15.0. The van der Waals surface area contributed by atoms with Gasteiger partial charge in [-0.25, -0.2) is 0 Å². The first-order chi connectivity index (χ1) is 10.1. The molecule has 7 nitrogen and oxygen atoms in total. The number of nitro benzene ring substituents is 1. The summed E-state index contributed by atoms with van der Waals surface area (Å²) in [6, 6.07) is 6.43. The monoisotopic (exact) mass is 286 g/mol. The fraction of sp³-hybridized carbons (Fsp3) is 0.429. The number of rotatable bonds is 4. The molecule has 1 atom stereocenters. The fourth-order valence-corrected chi connectivity index (χ4v) is 2.65. The maximum absolute atomic E-state index is 11.9. The van der Waals surface area contributed by atoms with E-state index in [9.17, 15) is 14.9 Å². The van der Waals surface area contributed by atoms with Gasteiger partial charge in [0.15, 0.2) is 0 Å². The van der Waals surface area contributed by atoms with E-state index in [4.69, 9.17) is 5.26 Å². The summed E-state index contributed by atoms with van der Waals surface area (Å²) in [6.07, 6.45) is 2.54. The summed E-state index contributed by atoms with van der Waals surface area (Å²) < 4.78 is 0. The summed E-state index contributed by atoms with van der Waals surface area (Å²) in [5.41, 5.74) is 0.652. The number of anilines is 1. The molecule has 108 valence electrons. The van der Waals surface area contributed by atoms with Crippen LogP contribution in [-0.2, 0) is 4.79 Å². The smallest absolute Gasteiger partial charge is 0.270 e. The highest BCUT2D eigenvalue weighted by Gasteiger charge is 2.39. The molecule has 0 spiro atoms. The number of carbonyl (C=O) groups excluding carboxylic acids is 1. The summed E-state index contributed by atoms with van der Waals surface area (Å²) in [7, 11) is 0. The molecule has 1 aromatic rings. The lowest BCUT2D eigenvalue weighted by molar-refractivity contribution is -0.384. The first-order valence-corrected chi connectivity index (χ1v) is 6.83. The number of hydrogen-bond donors (Lipinski definition) is 1. The van der Waals surface area contributed by atoms with Gasteiger partial charge in [0.1, 0.15) is 6.07 Å². The Morgan fingerprint density at radius 2 is 2.19 bits per heavy atom. The summed E-state index contributed by atoms with van der Waals surface area (Å²) in [6.45, 7) is 0.630. The van der Waals surface area contributed by atoms with Crippen molar-refractivity contribution in [2.75, 3.05) is 11.9 Å². The second-order valence-electron chi connectivity index (χ2n) is 5.42. The van der Waals surface area contributed by atoms with Crippen LogP contribution in [0.25, 0.3) is 0 Å². The van der Waals surface area contributed by atoms with Crippen LogP contribution in [0.4, 0.5) is 11.4 Å². The number of carbonyl (C=O) groups is 1. The van der Waals surface area contributed by atoms with E-state index in [1.54, 1.807) is 0 Å². The van der Waals surface area contributed by atoms with Gasteiger partial charge in [-0.3, -0.25) is 14.9 Å². The van der Waals surface area contributed by atoms with Crippen LogP contribution in [-0.4, -0.2) is 34.4 Å². The van der Waals surface area contributed by atoms with Crippen molar-refractivity contribution >= 4 is 17.3 Å². The van der Waals surface area contributed by atoms with Crippen molar-refractivity contribution in [2.45, 2.75) is 31.3 Å². The summed E-state index contributed by atoms with van der Waals surface area (Å²) >= 11 is 0. The van der Waals surface area contributed by atoms with Crippen molar-refractivity contribution in [3.8, 4) is 6.07 Å². The van der Waals surface area contributed by atoms with E-state index in [0.717, 1.165) is 12.8 Å². The standard InChI is InChI=1S/C14H14N4O3/c15-7-9-5-12(18(20)21)3-4-13(9)16-10-6-14(19)17(8-10)11-1-2-11/h3-5,10-11,16H,1-2,6,8H2. The Morgan fingerprint density at radius 3 is 2.81 bits per heavy atom. The van der Waals surface area contributed by atoms with Gasteiger partial charge in [-0.15, -0.1) is 0 Å². The fourth-order valence-electron chi connectivity index (χ4n) is 2.65. The second-order valence-corrected chi connectivity index (χ2v) is 5.42. The van der Waals surface area contributed by atoms with Gasteiger partial charge in [0.25, 0.3) is 5.69 Å². The Labute approximate surface area is 121 Å². The zero-order valence-corrected chi connectivity index (χ0v) is 11.3. The molecule has 1 saturated heterocycles. The molecule has 21 heavy (non-hydrogen) atoms. The minimum absolute atomic E-state index is 0.0494. The molecule has 1 unspecified atom stereocenters. The highest BCUT2D eigenvalue weighted by atomic mass is 16.6. The number of nitro groups is 1. The molecule has 1 aliphatic carbocycles. The van der Waals surface area contributed by atoms with Crippen molar-refractivity contribution in [2.24, 2.45) is 0 Å². The largest absolute Gasteiger partial charge is 0.379 e. The number of nitrogens with zero attached hydrogens (tertiary/aromatic N) is 3. The van der Waals surface area contributed by atoms with E-state index < -0.39 is 4.92 Å². The van der Waals surface area contributed by atoms with Gasteiger partial charge in [-0.2, -0.15) is 5.26 Å². The van der Waals surface area contributed by atoms with Crippen LogP contribution in [0.5, 0.6) is 0 Å². The molecule has 7 heteroatoms. The third kappa shape index (κ3) is 2.65. The third-order valence-electron chi connectivity index (χ3n) is 3.84. The molecule has 0 bridgehead atoms. The summed E-state index contributed by atoms with van der Waals surface area (Å²) in [4.78, 5) is 24.0. The lowest BCUT2D eigenvalue weighted by Crippen LogP contribution is -2.29. The minimum Gasteiger partial charge on any atom is -0.379 e. The van der Waals surface area contributed by atoms with Gasteiger partial charge >= 0.3 is 0 Å². The van der Waals surface area contributed by atoms with Crippen LogP contribution in [0.2, 0.25) is 0 Å². The molecule has 0 radical (unpaired) electrons. The quantitative estimate of drug-likeness (QED) is 0.670. The molecule has 2 fully saturated rings. The number of nitrogens with one attached hydrogen (secondary N) is 1. The summed E-state index contributed by atoms with van der Waals surface area (Å²) in [5, 5.41) is 23.0. The predicted octanol–water partition coefficient (Wildman–Crippen LogP) is 1.64. The van der Waals surface area contributed by atoms with E-state index in [-0.39, 0.29) is 23.2 Å². The maximum Gasteiger partial charge on any atom is 0.270 e. The average molecular weight is 286 g/mol. The Kier molecular flexibility index (Phi) is 3.22. The van der Waals surface area contributed by atoms with Crippen LogP contribution in [0, 0.1) is 21.4 Å². The first kappa shape index (κ1) is 13.4. The van der Waals surface area contributed by atoms with Crippen molar-refractivity contribution in [3.63, 3.8) is 0 Å². The van der Waals surface area contributed by atoms with Crippen molar-refractivity contribution < 1.29 is 9.72 Å². The first-order valence-electron chi connectivity index (χ1n) is 6.83. The number of likely N-dealkylation sites (tertiary alicyclic amines) is 1. The Bertz CT molecular complexity index is 648. The molecule has 3 rings (SSSR count). The van der Waals surface area contributed by atoms with Crippen LogP contribution in [0.1, 0.15) is 24.8 Å². The lowest BCUT2D eigenvalue weighted by Gasteiger charge is -2.17. The van der Waals surface area contributed by atoms with E-state index in [2.05, 4.69) is 5.32 Å². The van der Waals surface area contributed by atoms with E-state index in [1.165, 1.54) is 18.2 Å².